The number of nitrogens with one attached hydrogen (secondary N) is 1. The molecule has 0 aromatic carbocycles. The van der Waals surface area contributed by atoms with Crippen molar-refractivity contribution >= 4 is 33.2 Å². The zero-order valence-corrected chi connectivity index (χ0v) is 12.5. The van der Waals surface area contributed by atoms with Crippen molar-refractivity contribution in [3.8, 4) is 10.7 Å². The first kappa shape index (κ1) is 14.0. The molecular formula is C12H11BrN2O3S. The van der Waals surface area contributed by atoms with E-state index in [1.807, 2.05) is 11.4 Å². The lowest BCUT2D eigenvalue weighted by atomic mass is 10.1. The van der Waals surface area contributed by atoms with Gasteiger partial charge in [0.2, 0.25) is 0 Å². The summed E-state index contributed by atoms with van der Waals surface area (Å²) in [5, 5.41) is 10.6. The van der Waals surface area contributed by atoms with E-state index in [0.717, 1.165) is 9.35 Å². The van der Waals surface area contributed by atoms with Crippen molar-refractivity contribution in [2.24, 2.45) is 0 Å². The number of aromatic nitrogens is 2. The van der Waals surface area contributed by atoms with Crippen molar-refractivity contribution < 1.29 is 9.90 Å². The first-order valence-corrected chi connectivity index (χ1v) is 7.20. The number of thiophene rings is 1. The molecule has 2 N–H and O–H groups in total. The summed E-state index contributed by atoms with van der Waals surface area (Å²) in [7, 11) is 0. The van der Waals surface area contributed by atoms with Crippen molar-refractivity contribution in [1.29, 1.82) is 0 Å². The molecular weight excluding hydrogens is 332 g/mol. The topological polar surface area (TPSA) is 83.0 Å². The van der Waals surface area contributed by atoms with Crippen LogP contribution < -0.4 is 5.56 Å². The van der Waals surface area contributed by atoms with Crippen molar-refractivity contribution in [2.75, 3.05) is 0 Å². The summed E-state index contributed by atoms with van der Waals surface area (Å²) < 4.78 is 0.933. The summed E-state index contributed by atoms with van der Waals surface area (Å²) in [6, 6.07) is 1.87. The molecule has 19 heavy (non-hydrogen) atoms. The molecule has 0 aliphatic rings. The number of carboxylic acids is 1. The molecule has 2 rings (SSSR count). The van der Waals surface area contributed by atoms with Gasteiger partial charge in [0.1, 0.15) is 0 Å². The van der Waals surface area contributed by atoms with E-state index >= 15 is 0 Å². The van der Waals surface area contributed by atoms with Crippen LogP contribution >= 0.6 is 27.3 Å². The Hall–Kier alpha value is -1.47. The molecule has 100 valence electrons. The van der Waals surface area contributed by atoms with Gasteiger partial charge in [-0.1, -0.05) is 0 Å². The number of carbonyl (C=O) groups is 1. The van der Waals surface area contributed by atoms with Crippen LogP contribution in [0, 0.1) is 6.92 Å². The largest absolute Gasteiger partial charge is 0.481 e. The molecule has 2 heterocycles. The smallest absolute Gasteiger partial charge is 0.303 e. The summed E-state index contributed by atoms with van der Waals surface area (Å²) in [6.45, 7) is 1.72. The predicted molar refractivity (Wildman–Crippen MR) is 76.6 cm³/mol. The molecule has 0 amide bonds. The van der Waals surface area contributed by atoms with Crippen LogP contribution in [0.15, 0.2) is 20.7 Å². The minimum atomic E-state index is -0.926. The molecule has 0 bridgehead atoms. The molecule has 0 radical (unpaired) electrons. The van der Waals surface area contributed by atoms with Crippen LogP contribution in [-0.4, -0.2) is 21.0 Å². The van der Waals surface area contributed by atoms with E-state index in [1.54, 1.807) is 6.92 Å². The van der Waals surface area contributed by atoms with Crippen LogP contribution in [0.1, 0.15) is 17.7 Å². The van der Waals surface area contributed by atoms with Gasteiger partial charge in [0.05, 0.1) is 4.88 Å². The number of rotatable bonds is 4. The minimum absolute atomic E-state index is 0.0739. The normalized spacial score (nSPS) is 10.6. The quantitative estimate of drug-likeness (QED) is 0.894. The van der Waals surface area contributed by atoms with E-state index in [0.29, 0.717) is 17.1 Å². The molecule has 0 saturated carbocycles. The van der Waals surface area contributed by atoms with Gasteiger partial charge in [0.15, 0.2) is 5.82 Å². The first-order valence-electron chi connectivity index (χ1n) is 5.53. The first-order chi connectivity index (χ1) is 8.97. The molecule has 7 heteroatoms. The highest BCUT2D eigenvalue weighted by Gasteiger charge is 2.12. The Morgan fingerprint density at radius 1 is 1.58 bits per heavy atom. The Balaban J connectivity index is 2.36. The molecule has 0 aliphatic heterocycles. The molecule has 5 nitrogen and oxygen atoms in total. The third-order valence-corrected chi connectivity index (χ3v) is 4.31. The molecule has 0 aliphatic carbocycles. The van der Waals surface area contributed by atoms with Crippen LogP contribution in [0.2, 0.25) is 0 Å². The number of carboxylic acid groups (broad SMARTS) is 1. The highest BCUT2D eigenvalue weighted by atomic mass is 79.9. The summed E-state index contributed by atoms with van der Waals surface area (Å²) in [5.41, 5.74) is 0.736. The maximum absolute atomic E-state index is 12.0. The van der Waals surface area contributed by atoms with Crippen molar-refractivity contribution in [3.63, 3.8) is 0 Å². The van der Waals surface area contributed by atoms with E-state index < -0.39 is 5.97 Å². The maximum atomic E-state index is 12.0. The fourth-order valence-corrected chi connectivity index (χ4v) is 3.06. The molecule has 0 atom stereocenters. The van der Waals surface area contributed by atoms with Crippen LogP contribution in [0.4, 0.5) is 0 Å². The second kappa shape index (κ2) is 5.66. The lowest BCUT2D eigenvalue weighted by Crippen LogP contribution is -2.18. The van der Waals surface area contributed by atoms with Crippen LogP contribution in [0.3, 0.4) is 0 Å². The molecule has 2 aromatic heterocycles. The van der Waals surface area contributed by atoms with Crippen LogP contribution in [0.25, 0.3) is 10.7 Å². The van der Waals surface area contributed by atoms with Gasteiger partial charge in [-0.05, 0) is 35.3 Å². The standard InChI is InChI=1S/C12H11BrN2O3S/c1-6-8(2-3-10(16)17)12(18)15-11(14-6)9-4-7(13)5-19-9/h4-5H,2-3H2,1H3,(H,16,17)(H,14,15,18). The Morgan fingerprint density at radius 3 is 2.84 bits per heavy atom. The molecule has 0 saturated heterocycles. The lowest BCUT2D eigenvalue weighted by Gasteiger charge is -2.04. The number of aryl methyl sites for hydroxylation is 1. The monoisotopic (exact) mass is 342 g/mol. The van der Waals surface area contributed by atoms with Gasteiger partial charge < -0.3 is 10.1 Å². The highest BCUT2D eigenvalue weighted by Crippen LogP contribution is 2.27. The number of aliphatic carboxylic acids is 1. The van der Waals surface area contributed by atoms with Crippen LogP contribution in [-0.2, 0) is 11.2 Å². The van der Waals surface area contributed by atoms with E-state index in [2.05, 4.69) is 25.9 Å². The molecule has 2 aromatic rings. The third kappa shape index (κ3) is 3.30. The van der Waals surface area contributed by atoms with Crippen molar-refractivity contribution in [2.45, 2.75) is 19.8 Å². The van der Waals surface area contributed by atoms with Crippen LogP contribution in [0.5, 0.6) is 0 Å². The average molecular weight is 343 g/mol. The zero-order valence-electron chi connectivity index (χ0n) is 10.1. The zero-order chi connectivity index (χ0) is 14.0. The van der Waals surface area contributed by atoms with Gasteiger partial charge in [-0.3, -0.25) is 9.59 Å². The van der Waals surface area contributed by atoms with E-state index in [9.17, 15) is 9.59 Å². The van der Waals surface area contributed by atoms with E-state index in [1.165, 1.54) is 11.3 Å². The third-order valence-electron chi connectivity index (χ3n) is 2.61. The Labute approximate surface area is 121 Å². The molecule has 0 unspecified atom stereocenters. The SMILES string of the molecule is Cc1nc(-c2cc(Br)cs2)[nH]c(=O)c1CCC(=O)O. The number of hydrogen-bond acceptors (Lipinski definition) is 4. The number of halogens is 1. The molecule has 0 fully saturated rings. The van der Waals surface area contributed by atoms with E-state index in [4.69, 9.17) is 5.11 Å². The fourth-order valence-electron chi connectivity index (χ4n) is 1.69. The number of H-pyrrole nitrogens is 1. The summed E-state index contributed by atoms with van der Waals surface area (Å²) in [4.78, 5) is 30.4. The van der Waals surface area contributed by atoms with Gasteiger partial charge in [-0.2, -0.15) is 0 Å². The van der Waals surface area contributed by atoms with Gasteiger partial charge in [0.25, 0.3) is 5.56 Å². The Morgan fingerprint density at radius 2 is 2.32 bits per heavy atom. The maximum Gasteiger partial charge on any atom is 0.303 e. The number of aromatic amines is 1. The van der Waals surface area contributed by atoms with E-state index in [-0.39, 0.29) is 18.4 Å². The fraction of sp³-hybridized carbons (Fsp3) is 0.250. The second-order valence-corrected chi connectivity index (χ2v) is 5.83. The highest BCUT2D eigenvalue weighted by molar-refractivity contribution is 9.10. The number of nitrogens with zero attached hydrogens (tertiary/aromatic N) is 1. The number of hydrogen-bond donors (Lipinski definition) is 2. The lowest BCUT2D eigenvalue weighted by molar-refractivity contribution is -0.136. The average Bonchev–Trinajstić information content (AvgIpc) is 2.74. The predicted octanol–water partition coefficient (Wildman–Crippen LogP) is 2.59. The summed E-state index contributed by atoms with van der Waals surface area (Å²) in [6.07, 6.45) is 0.118. The van der Waals surface area contributed by atoms with Crippen molar-refractivity contribution in [3.05, 3.63) is 37.5 Å². The van der Waals surface area contributed by atoms with Gasteiger partial charge in [-0.15, -0.1) is 11.3 Å². The van der Waals surface area contributed by atoms with Gasteiger partial charge in [0, 0.05) is 27.5 Å². The van der Waals surface area contributed by atoms with Gasteiger partial charge >= 0.3 is 5.97 Å². The minimum Gasteiger partial charge on any atom is -0.481 e. The summed E-state index contributed by atoms with van der Waals surface area (Å²) >= 11 is 4.82. The molecule has 0 spiro atoms. The van der Waals surface area contributed by atoms with Gasteiger partial charge in [-0.25, -0.2) is 4.98 Å². The van der Waals surface area contributed by atoms with Crippen molar-refractivity contribution in [1.82, 2.24) is 9.97 Å². The Bertz CT molecular complexity index is 678. The summed E-state index contributed by atoms with van der Waals surface area (Å²) in [5.74, 6) is -0.415. The Kier molecular flexibility index (Phi) is 4.16. The second-order valence-electron chi connectivity index (χ2n) is 4.00.